The zero-order chi connectivity index (χ0) is 17.6. The molecule has 0 aliphatic rings. The molecule has 0 aliphatic carbocycles. The highest BCUT2D eigenvalue weighted by atomic mass is 32.1. The fourth-order valence-electron chi connectivity index (χ4n) is 2.72. The SMILES string of the molecule is Cc1cc(NC(=O)c2cc(C)oc2C)n(-c2nc3ccccc3s2)n1. The third-order valence-electron chi connectivity index (χ3n) is 3.82. The number of nitrogens with one attached hydrogen (secondary N) is 1. The van der Waals surface area contributed by atoms with Crippen LogP contribution in [-0.2, 0) is 0 Å². The molecule has 0 bridgehead atoms. The molecule has 0 atom stereocenters. The number of hydrogen-bond acceptors (Lipinski definition) is 5. The van der Waals surface area contributed by atoms with E-state index < -0.39 is 0 Å². The molecule has 1 aromatic carbocycles. The van der Waals surface area contributed by atoms with Crippen LogP contribution in [-0.4, -0.2) is 20.7 Å². The standard InChI is InChI=1S/C18H16N4O2S/c1-10-8-16(20-17(23)13-9-11(2)24-12(13)3)22(21-10)18-19-14-6-4-5-7-15(14)25-18/h4-9H,1-3H3,(H,20,23). The number of para-hydroxylation sites is 1. The largest absolute Gasteiger partial charge is 0.466 e. The Labute approximate surface area is 148 Å². The monoisotopic (exact) mass is 352 g/mol. The lowest BCUT2D eigenvalue weighted by molar-refractivity contribution is 0.102. The second kappa shape index (κ2) is 5.86. The van der Waals surface area contributed by atoms with Crippen molar-refractivity contribution in [2.24, 2.45) is 0 Å². The van der Waals surface area contributed by atoms with Gasteiger partial charge >= 0.3 is 0 Å². The number of hydrogen-bond donors (Lipinski definition) is 1. The molecule has 4 aromatic rings. The molecular formula is C18H16N4O2S. The van der Waals surface area contributed by atoms with E-state index in [2.05, 4.69) is 15.4 Å². The summed E-state index contributed by atoms with van der Waals surface area (Å²) < 4.78 is 8.18. The van der Waals surface area contributed by atoms with Crippen molar-refractivity contribution in [1.82, 2.24) is 14.8 Å². The number of carbonyl (C=O) groups is 1. The molecule has 0 saturated carbocycles. The quantitative estimate of drug-likeness (QED) is 0.598. The average Bonchev–Trinajstić information content (AvgIpc) is 3.23. The minimum Gasteiger partial charge on any atom is -0.466 e. The molecule has 6 nitrogen and oxygen atoms in total. The summed E-state index contributed by atoms with van der Waals surface area (Å²) in [5.41, 5.74) is 2.23. The Morgan fingerprint density at radius 1 is 1.20 bits per heavy atom. The molecule has 25 heavy (non-hydrogen) atoms. The number of aryl methyl sites for hydroxylation is 3. The van der Waals surface area contributed by atoms with E-state index in [0.717, 1.165) is 15.9 Å². The fourth-order valence-corrected chi connectivity index (χ4v) is 3.66. The summed E-state index contributed by atoms with van der Waals surface area (Å²) in [5, 5.41) is 8.10. The van der Waals surface area contributed by atoms with Crippen LogP contribution >= 0.6 is 11.3 Å². The van der Waals surface area contributed by atoms with Crippen molar-refractivity contribution in [3.05, 3.63) is 59.2 Å². The van der Waals surface area contributed by atoms with Gasteiger partial charge in [0.2, 0.25) is 5.13 Å². The Balaban J connectivity index is 1.71. The van der Waals surface area contributed by atoms with Gasteiger partial charge in [0.15, 0.2) is 0 Å². The molecule has 0 spiro atoms. The van der Waals surface area contributed by atoms with Gasteiger partial charge in [-0.15, -0.1) is 0 Å². The van der Waals surface area contributed by atoms with Gasteiger partial charge in [0, 0.05) is 6.07 Å². The van der Waals surface area contributed by atoms with Crippen LogP contribution in [0, 0.1) is 20.8 Å². The molecule has 1 amide bonds. The normalized spacial score (nSPS) is 11.2. The van der Waals surface area contributed by atoms with Crippen LogP contribution in [0.3, 0.4) is 0 Å². The van der Waals surface area contributed by atoms with Gasteiger partial charge in [-0.25, -0.2) is 4.98 Å². The smallest absolute Gasteiger partial charge is 0.260 e. The highest BCUT2D eigenvalue weighted by molar-refractivity contribution is 7.20. The van der Waals surface area contributed by atoms with Gasteiger partial charge in [-0.3, -0.25) is 4.79 Å². The van der Waals surface area contributed by atoms with E-state index in [1.807, 2.05) is 44.2 Å². The molecule has 3 aromatic heterocycles. The summed E-state index contributed by atoms with van der Waals surface area (Å²) in [6.07, 6.45) is 0. The second-order valence-corrected chi connectivity index (χ2v) is 6.84. The van der Waals surface area contributed by atoms with E-state index in [4.69, 9.17) is 4.42 Å². The van der Waals surface area contributed by atoms with Crippen LogP contribution in [0.5, 0.6) is 0 Å². The van der Waals surface area contributed by atoms with Crippen molar-refractivity contribution in [1.29, 1.82) is 0 Å². The minimum absolute atomic E-state index is 0.225. The predicted molar refractivity (Wildman–Crippen MR) is 97.6 cm³/mol. The first-order valence-electron chi connectivity index (χ1n) is 7.82. The van der Waals surface area contributed by atoms with Gasteiger partial charge in [-0.05, 0) is 39.0 Å². The van der Waals surface area contributed by atoms with E-state index in [-0.39, 0.29) is 5.91 Å². The van der Waals surface area contributed by atoms with Crippen molar-refractivity contribution >= 4 is 33.3 Å². The van der Waals surface area contributed by atoms with Crippen molar-refractivity contribution in [3.8, 4) is 5.13 Å². The number of amides is 1. The van der Waals surface area contributed by atoms with E-state index in [1.165, 1.54) is 11.3 Å². The number of anilines is 1. The fraction of sp³-hybridized carbons (Fsp3) is 0.167. The number of rotatable bonds is 3. The number of thiazole rings is 1. The first-order chi connectivity index (χ1) is 12.0. The maximum absolute atomic E-state index is 12.6. The lowest BCUT2D eigenvalue weighted by Crippen LogP contribution is -2.15. The topological polar surface area (TPSA) is 73.0 Å². The van der Waals surface area contributed by atoms with E-state index >= 15 is 0 Å². The van der Waals surface area contributed by atoms with E-state index in [9.17, 15) is 4.79 Å². The van der Waals surface area contributed by atoms with Crippen LogP contribution in [0.2, 0.25) is 0 Å². The molecule has 3 heterocycles. The molecule has 0 radical (unpaired) electrons. The maximum atomic E-state index is 12.6. The Morgan fingerprint density at radius 3 is 2.72 bits per heavy atom. The lowest BCUT2D eigenvalue weighted by atomic mass is 10.2. The Bertz CT molecular complexity index is 1060. The lowest BCUT2D eigenvalue weighted by Gasteiger charge is -2.05. The molecule has 4 rings (SSSR count). The van der Waals surface area contributed by atoms with Gasteiger partial charge in [-0.2, -0.15) is 9.78 Å². The van der Waals surface area contributed by atoms with Gasteiger partial charge in [-0.1, -0.05) is 23.5 Å². The summed E-state index contributed by atoms with van der Waals surface area (Å²) >= 11 is 1.53. The number of furan rings is 1. The first kappa shape index (κ1) is 15.6. The van der Waals surface area contributed by atoms with E-state index in [0.29, 0.717) is 28.0 Å². The Hall–Kier alpha value is -2.93. The molecular weight excluding hydrogens is 336 g/mol. The summed E-state index contributed by atoms with van der Waals surface area (Å²) in [5.74, 6) is 1.66. The number of fused-ring (bicyclic) bond motifs is 1. The van der Waals surface area contributed by atoms with Gasteiger partial charge in [0.05, 0.1) is 21.5 Å². The van der Waals surface area contributed by atoms with Crippen molar-refractivity contribution in [2.45, 2.75) is 20.8 Å². The van der Waals surface area contributed by atoms with Crippen LogP contribution in [0.25, 0.3) is 15.3 Å². The molecule has 0 saturated heterocycles. The summed E-state index contributed by atoms with van der Waals surface area (Å²) in [7, 11) is 0. The van der Waals surface area contributed by atoms with Crippen molar-refractivity contribution in [3.63, 3.8) is 0 Å². The highest BCUT2D eigenvalue weighted by Crippen LogP contribution is 2.27. The number of aromatic nitrogens is 3. The maximum Gasteiger partial charge on any atom is 0.260 e. The molecule has 7 heteroatoms. The van der Waals surface area contributed by atoms with Gasteiger partial charge < -0.3 is 9.73 Å². The highest BCUT2D eigenvalue weighted by Gasteiger charge is 2.18. The Kier molecular flexibility index (Phi) is 3.65. The summed E-state index contributed by atoms with van der Waals surface area (Å²) in [6, 6.07) is 11.5. The third-order valence-corrected chi connectivity index (χ3v) is 4.83. The zero-order valence-electron chi connectivity index (χ0n) is 14.0. The summed E-state index contributed by atoms with van der Waals surface area (Å²) in [4.78, 5) is 17.2. The Morgan fingerprint density at radius 2 is 2.00 bits per heavy atom. The van der Waals surface area contributed by atoms with Crippen LogP contribution in [0.4, 0.5) is 5.82 Å². The molecule has 1 N–H and O–H groups in total. The number of carbonyl (C=O) groups excluding carboxylic acids is 1. The summed E-state index contributed by atoms with van der Waals surface area (Å²) in [6.45, 7) is 5.48. The zero-order valence-corrected chi connectivity index (χ0v) is 14.8. The molecule has 0 unspecified atom stereocenters. The first-order valence-corrected chi connectivity index (χ1v) is 8.64. The number of nitrogens with zero attached hydrogens (tertiary/aromatic N) is 3. The predicted octanol–water partition coefficient (Wildman–Crippen LogP) is 4.25. The second-order valence-electron chi connectivity index (χ2n) is 5.83. The number of benzene rings is 1. The van der Waals surface area contributed by atoms with Crippen LogP contribution in [0.15, 0.2) is 40.8 Å². The van der Waals surface area contributed by atoms with Gasteiger partial charge in [0.1, 0.15) is 17.3 Å². The van der Waals surface area contributed by atoms with Crippen LogP contribution in [0.1, 0.15) is 27.6 Å². The molecule has 0 fully saturated rings. The third kappa shape index (κ3) is 2.83. The van der Waals surface area contributed by atoms with Crippen molar-refractivity contribution < 1.29 is 9.21 Å². The average molecular weight is 352 g/mol. The molecule has 126 valence electrons. The minimum atomic E-state index is -0.225. The molecule has 0 aliphatic heterocycles. The van der Waals surface area contributed by atoms with Crippen molar-refractivity contribution in [2.75, 3.05) is 5.32 Å². The van der Waals surface area contributed by atoms with Crippen LogP contribution < -0.4 is 5.32 Å². The van der Waals surface area contributed by atoms with Gasteiger partial charge in [0.25, 0.3) is 5.91 Å². The van der Waals surface area contributed by atoms with E-state index in [1.54, 1.807) is 17.7 Å².